The summed E-state index contributed by atoms with van der Waals surface area (Å²) in [5.41, 5.74) is 1.83. The molecule has 8 nitrogen and oxygen atoms in total. The van der Waals surface area contributed by atoms with E-state index in [1.54, 1.807) is 12.0 Å². The van der Waals surface area contributed by atoms with Gasteiger partial charge in [0.2, 0.25) is 0 Å². The van der Waals surface area contributed by atoms with Crippen molar-refractivity contribution in [3.63, 3.8) is 0 Å². The van der Waals surface area contributed by atoms with Gasteiger partial charge in [0.25, 0.3) is 11.8 Å². The van der Waals surface area contributed by atoms with Gasteiger partial charge < -0.3 is 14.6 Å². The van der Waals surface area contributed by atoms with Gasteiger partial charge in [0, 0.05) is 13.7 Å². The predicted octanol–water partition coefficient (Wildman–Crippen LogP) is 2.40. The molecular formula is C25H32N2O6. The van der Waals surface area contributed by atoms with Crippen molar-refractivity contribution < 1.29 is 29.0 Å². The number of hydrogen-bond acceptors (Lipinski definition) is 7. The summed E-state index contributed by atoms with van der Waals surface area (Å²) in [5.74, 6) is -0.590. The number of nitrogens with zero attached hydrogens (tertiary/aromatic N) is 2. The van der Waals surface area contributed by atoms with Gasteiger partial charge in [-0.15, -0.1) is 5.06 Å². The van der Waals surface area contributed by atoms with E-state index in [4.69, 9.17) is 14.3 Å². The fourth-order valence-corrected chi connectivity index (χ4v) is 3.97. The molecule has 0 unspecified atom stereocenters. The average Bonchev–Trinajstić information content (AvgIpc) is 2.82. The van der Waals surface area contributed by atoms with Gasteiger partial charge >= 0.3 is 0 Å². The zero-order chi connectivity index (χ0) is 24.0. The molecule has 33 heavy (non-hydrogen) atoms. The van der Waals surface area contributed by atoms with Crippen molar-refractivity contribution in [2.75, 3.05) is 21.0 Å². The SMILES string of the molecule is COCON1C(=O)[C@H]([C@H](O)C(C)C)N(Cc2ccc(OC)cc2)[C@@H](Cc2ccccc2)C1=O. The number of carbonyl (C=O) groups excluding carboxylic acids is 2. The van der Waals surface area contributed by atoms with Crippen LogP contribution >= 0.6 is 0 Å². The Morgan fingerprint density at radius 1 is 0.939 bits per heavy atom. The van der Waals surface area contributed by atoms with Crippen LogP contribution < -0.4 is 4.74 Å². The van der Waals surface area contributed by atoms with E-state index in [0.717, 1.165) is 16.2 Å². The van der Waals surface area contributed by atoms with E-state index in [9.17, 15) is 14.7 Å². The lowest BCUT2D eigenvalue weighted by molar-refractivity contribution is -0.238. The molecule has 0 saturated carbocycles. The highest BCUT2D eigenvalue weighted by Crippen LogP contribution is 2.29. The summed E-state index contributed by atoms with van der Waals surface area (Å²) in [6.07, 6.45) is -0.646. The third-order valence-electron chi connectivity index (χ3n) is 5.80. The van der Waals surface area contributed by atoms with Crippen LogP contribution in [-0.2, 0) is 32.1 Å². The standard InChI is InChI=1S/C25H32N2O6/c1-17(2)23(28)22-25(30)27(33-16-31-3)24(29)21(14-18-8-6-5-7-9-18)26(22)15-19-10-12-20(32-4)13-11-19/h5-13,17,21-23,28H,14-16H2,1-4H3/t21-,22-,23+/m0/s1. The van der Waals surface area contributed by atoms with Crippen molar-refractivity contribution in [2.45, 2.75) is 45.0 Å². The summed E-state index contributed by atoms with van der Waals surface area (Å²) < 4.78 is 10.2. The lowest BCUT2D eigenvalue weighted by Gasteiger charge is -2.46. The number of rotatable bonds is 10. The Bertz CT molecular complexity index is 918. The van der Waals surface area contributed by atoms with Crippen molar-refractivity contribution >= 4 is 11.8 Å². The number of benzene rings is 2. The number of ether oxygens (including phenoxy) is 2. The number of methoxy groups -OCH3 is 2. The number of aliphatic hydroxyl groups excluding tert-OH is 1. The predicted molar refractivity (Wildman–Crippen MR) is 122 cm³/mol. The molecule has 1 fully saturated rings. The summed E-state index contributed by atoms with van der Waals surface area (Å²) in [5, 5.41) is 11.8. The molecule has 2 aromatic rings. The van der Waals surface area contributed by atoms with Gasteiger partial charge in [-0.1, -0.05) is 56.3 Å². The summed E-state index contributed by atoms with van der Waals surface area (Å²) in [7, 11) is 3.01. The Morgan fingerprint density at radius 2 is 1.61 bits per heavy atom. The molecular weight excluding hydrogens is 424 g/mol. The molecule has 0 bridgehead atoms. The molecule has 3 atom stereocenters. The van der Waals surface area contributed by atoms with Crippen LogP contribution in [0.2, 0.25) is 0 Å². The molecule has 0 aliphatic carbocycles. The van der Waals surface area contributed by atoms with Crippen LogP contribution in [0, 0.1) is 5.92 Å². The number of carbonyl (C=O) groups is 2. The van der Waals surface area contributed by atoms with Gasteiger partial charge in [-0.25, -0.2) is 4.84 Å². The van der Waals surface area contributed by atoms with Gasteiger partial charge in [-0.2, -0.15) is 0 Å². The maximum absolute atomic E-state index is 13.5. The van der Waals surface area contributed by atoms with E-state index in [2.05, 4.69) is 0 Å². The first-order valence-electron chi connectivity index (χ1n) is 11.0. The first-order valence-corrected chi connectivity index (χ1v) is 11.0. The number of aliphatic hydroxyl groups is 1. The second kappa shape index (κ2) is 11.4. The van der Waals surface area contributed by atoms with Crippen molar-refractivity contribution in [1.29, 1.82) is 0 Å². The van der Waals surface area contributed by atoms with Crippen molar-refractivity contribution in [1.82, 2.24) is 9.96 Å². The first kappa shape index (κ1) is 24.9. The Kier molecular flexibility index (Phi) is 8.57. The smallest absolute Gasteiger partial charge is 0.273 e. The monoisotopic (exact) mass is 456 g/mol. The van der Waals surface area contributed by atoms with Gasteiger partial charge in [0.05, 0.1) is 19.3 Å². The van der Waals surface area contributed by atoms with E-state index < -0.39 is 30.0 Å². The second-order valence-electron chi connectivity index (χ2n) is 8.41. The van der Waals surface area contributed by atoms with Crippen LogP contribution in [0.25, 0.3) is 0 Å². The number of imide groups is 1. The Morgan fingerprint density at radius 3 is 2.18 bits per heavy atom. The van der Waals surface area contributed by atoms with Crippen LogP contribution in [0.1, 0.15) is 25.0 Å². The summed E-state index contributed by atoms with van der Waals surface area (Å²) in [6, 6.07) is 15.3. The van der Waals surface area contributed by atoms with E-state index in [-0.39, 0.29) is 12.7 Å². The maximum atomic E-state index is 13.5. The molecule has 1 aliphatic rings. The molecule has 1 heterocycles. The zero-order valence-electron chi connectivity index (χ0n) is 19.5. The quantitative estimate of drug-likeness (QED) is 0.434. The molecule has 2 aromatic carbocycles. The summed E-state index contributed by atoms with van der Waals surface area (Å²) in [4.78, 5) is 34.0. The number of piperazine rings is 1. The minimum Gasteiger partial charge on any atom is -0.497 e. The van der Waals surface area contributed by atoms with Crippen LogP contribution in [0.4, 0.5) is 0 Å². The molecule has 0 spiro atoms. The molecule has 178 valence electrons. The van der Waals surface area contributed by atoms with Crippen LogP contribution in [0.3, 0.4) is 0 Å². The fraction of sp³-hybridized carbons (Fsp3) is 0.440. The Hall–Kier alpha value is -2.78. The van der Waals surface area contributed by atoms with Crippen molar-refractivity contribution in [3.05, 3.63) is 65.7 Å². The van der Waals surface area contributed by atoms with Gasteiger partial charge in [-0.05, 0) is 35.6 Å². The molecule has 1 N–H and O–H groups in total. The Balaban J connectivity index is 2.02. The highest BCUT2D eigenvalue weighted by molar-refractivity contribution is 6.02. The molecule has 0 radical (unpaired) electrons. The first-order chi connectivity index (χ1) is 15.9. The molecule has 1 aliphatic heterocycles. The van der Waals surface area contributed by atoms with Gasteiger partial charge in [-0.3, -0.25) is 14.5 Å². The Labute approximate surface area is 194 Å². The van der Waals surface area contributed by atoms with Gasteiger partial charge in [0.1, 0.15) is 11.8 Å². The number of hydroxylamine groups is 2. The zero-order valence-corrected chi connectivity index (χ0v) is 19.5. The van der Waals surface area contributed by atoms with E-state index >= 15 is 0 Å². The highest BCUT2D eigenvalue weighted by Gasteiger charge is 2.50. The van der Waals surface area contributed by atoms with E-state index in [1.807, 2.05) is 68.4 Å². The fourth-order valence-electron chi connectivity index (χ4n) is 3.97. The van der Waals surface area contributed by atoms with Crippen molar-refractivity contribution in [2.24, 2.45) is 5.92 Å². The van der Waals surface area contributed by atoms with Crippen LogP contribution in [0.5, 0.6) is 5.75 Å². The third kappa shape index (κ3) is 5.78. The van der Waals surface area contributed by atoms with Crippen LogP contribution in [0.15, 0.2) is 54.6 Å². The lowest BCUT2D eigenvalue weighted by atomic mass is 9.91. The number of hydrogen-bond donors (Lipinski definition) is 1. The van der Waals surface area contributed by atoms with Crippen LogP contribution in [-0.4, -0.2) is 66.1 Å². The maximum Gasteiger partial charge on any atom is 0.273 e. The van der Waals surface area contributed by atoms with Gasteiger partial charge in [0.15, 0.2) is 6.79 Å². The summed E-state index contributed by atoms with van der Waals surface area (Å²) in [6.45, 7) is 3.73. The number of amides is 2. The summed E-state index contributed by atoms with van der Waals surface area (Å²) >= 11 is 0. The molecule has 1 saturated heterocycles. The highest BCUT2D eigenvalue weighted by atomic mass is 16.8. The molecule has 0 aromatic heterocycles. The minimum atomic E-state index is -1.00. The largest absolute Gasteiger partial charge is 0.497 e. The van der Waals surface area contributed by atoms with E-state index in [1.165, 1.54) is 7.11 Å². The third-order valence-corrected chi connectivity index (χ3v) is 5.80. The minimum absolute atomic E-state index is 0.216. The van der Waals surface area contributed by atoms with Crippen molar-refractivity contribution in [3.8, 4) is 5.75 Å². The topological polar surface area (TPSA) is 88.5 Å². The van der Waals surface area contributed by atoms with E-state index in [0.29, 0.717) is 18.7 Å². The molecule has 8 heteroatoms. The lowest BCUT2D eigenvalue weighted by Crippen LogP contribution is -2.68. The molecule has 2 amide bonds. The molecule has 3 rings (SSSR count). The normalized spacial score (nSPS) is 20.4. The second-order valence-corrected chi connectivity index (χ2v) is 8.41. The average molecular weight is 457 g/mol.